The predicted molar refractivity (Wildman–Crippen MR) is 121 cm³/mol. The summed E-state index contributed by atoms with van der Waals surface area (Å²) in [6.45, 7) is 2.21. The molecule has 1 aromatic carbocycles. The maximum Gasteiger partial charge on any atom is 0.419 e. The molecule has 1 saturated heterocycles. The number of benzene rings is 1. The average molecular weight is 466 g/mol. The summed E-state index contributed by atoms with van der Waals surface area (Å²) in [7, 11) is 1.61. The van der Waals surface area contributed by atoms with E-state index >= 15 is 0 Å². The second kappa shape index (κ2) is 10.3. The minimum Gasteiger partial charge on any atom is -0.493 e. The van der Waals surface area contributed by atoms with Crippen molar-refractivity contribution in [2.45, 2.75) is 25.4 Å². The lowest BCUT2D eigenvalue weighted by molar-refractivity contribution is -0.138. The highest BCUT2D eigenvalue weighted by Crippen LogP contribution is 2.39. The fourth-order valence-corrected chi connectivity index (χ4v) is 4.32. The number of nitrogens with two attached hydrogens (primary N) is 1. The van der Waals surface area contributed by atoms with E-state index in [2.05, 4.69) is 14.6 Å². The second-order valence-corrected chi connectivity index (χ2v) is 8.46. The highest BCUT2D eigenvalue weighted by molar-refractivity contribution is 7.96. The molecule has 0 aliphatic carbocycles. The third kappa shape index (κ3) is 5.58. The van der Waals surface area contributed by atoms with Gasteiger partial charge >= 0.3 is 6.18 Å². The van der Waals surface area contributed by atoms with Crippen LogP contribution < -0.4 is 15.8 Å². The van der Waals surface area contributed by atoms with Gasteiger partial charge in [-0.15, -0.1) is 0 Å². The van der Waals surface area contributed by atoms with Gasteiger partial charge in [-0.05, 0) is 55.7 Å². The minimum absolute atomic E-state index is 0.0479. The molecule has 32 heavy (non-hydrogen) atoms. The van der Waals surface area contributed by atoms with Gasteiger partial charge in [-0.3, -0.25) is 4.31 Å². The molecule has 2 heterocycles. The number of alkyl halides is 3. The van der Waals surface area contributed by atoms with Gasteiger partial charge in [0.25, 0.3) is 0 Å². The molecule has 0 spiro atoms. The molecule has 0 unspecified atom stereocenters. The molecular formula is C22H26F3N5OS. The van der Waals surface area contributed by atoms with Crippen molar-refractivity contribution in [1.82, 2.24) is 9.29 Å². The number of ether oxygens (including phenoxy) is 1. The largest absolute Gasteiger partial charge is 0.493 e. The molecule has 0 amide bonds. The standard InChI is InChI=1S/C22H26F3N5OS/c1-28-18-12-17(29-19(13-26)21(18)27)15-3-4-20(16(11-15)22(23,24)25)31-10-7-14-5-8-30(32-2)9-6-14/h3-4,11-12,14H,5-10,27H2,1-2H3,(H,28,29). The number of pyridine rings is 1. The van der Waals surface area contributed by atoms with Crippen LogP contribution in [0.2, 0.25) is 0 Å². The molecule has 0 radical (unpaired) electrons. The third-order valence-electron chi connectivity index (χ3n) is 5.63. The monoisotopic (exact) mass is 465 g/mol. The van der Waals surface area contributed by atoms with Crippen LogP contribution >= 0.6 is 11.9 Å². The van der Waals surface area contributed by atoms with Crippen LogP contribution in [0, 0.1) is 17.2 Å². The Morgan fingerprint density at radius 2 is 2.03 bits per heavy atom. The van der Waals surface area contributed by atoms with E-state index in [1.165, 1.54) is 18.2 Å². The first-order valence-corrected chi connectivity index (χ1v) is 11.5. The molecule has 6 nitrogen and oxygen atoms in total. The molecule has 0 atom stereocenters. The van der Waals surface area contributed by atoms with Gasteiger partial charge in [0.2, 0.25) is 0 Å². The fourth-order valence-electron chi connectivity index (χ4n) is 3.75. The number of nitrogens with zero attached hydrogens (tertiary/aromatic N) is 3. The van der Waals surface area contributed by atoms with E-state index in [-0.39, 0.29) is 35.0 Å². The summed E-state index contributed by atoms with van der Waals surface area (Å²) in [4.78, 5) is 4.12. The van der Waals surface area contributed by atoms with E-state index in [9.17, 15) is 18.4 Å². The SMILES string of the molecule is CNc1cc(-c2ccc(OCCC3CCN(SC)CC3)c(C(F)(F)F)c2)nc(C#N)c1N. The Kier molecular flexibility index (Phi) is 7.74. The first kappa shape index (κ1) is 24.0. The van der Waals surface area contributed by atoms with E-state index in [1.54, 1.807) is 19.0 Å². The molecule has 0 bridgehead atoms. The van der Waals surface area contributed by atoms with E-state index < -0.39 is 11.7 Å². The molecule has 3 N–H and O–H groups in total. The van der Waals surface area contributed by atoms with Crippen molar-refractivity contribution in [2.24, 2.45) is 5.92 Å². The van der Waals surface area contributed by atoms with Crippen LogP contribution in [-0.2, 0) is 6.18 Å². The Bertz CT molecular complexity index is 985. The number of anilines is 2. The Balaban J connectivity index is 1.79. The van der Waals surface area contributed by atoms with Gasteiger partial charge in [-0.1, -0.05) is 11.9 Å². The fraction of sp³-hybridized carbons (Fsp3) is 0.455. The second-order valence-electron chi connectivity index (χ2n) is 7.58. The number of nitriles is 1. The normalized spacial score (nSPS) is 15.4. The Labute approximate surface area is 190 Å². The smallest absolute Gasteiger partial charge is 0.419 e. The zero-order chi connectivity index (χ0) is 23.3. The van der Waals surface area contributed by atoms with Gasteiger partial charge in [0.15, 0.2) is 5.69 Å². The molecule has 1 fully saturated rings. The van der Waals surface area contributed by atoms with Crippen LogP contribution in [-0.4, -0.2) is 42.3 Å². The summed E-state index contributed by atoms with van der Waals surface area (Å²) in [5.74, 6) is 0.253. The van der Waals surface area contributed by atoms with Gasteiger partial charge < -0.3 is 15.8 Å². The van der Waals surface area contributed by atoms with Gasteiger partial charge in [-0.2, -0.15) is 18.4 Å². The Morgan fingerprint density at radius 1 is 1.31 bits per heavy atom. The number of nitrogens with one attached hydrogen (secondary N) is 1. The summed E-state index contributed by atoms with van der Waals surface area (Å²) >= 11 is 1.72. The predicted octanol–water partition coefficient (Wildman–Crippen LogP) is 5.02. The van der Waals surface area contributed by atoms with Crippen LogP contribution in [0.1, 0.15) is 30.5 Å². The summed E-state index contributed by atoms with van der Waals surface area (Å²) in [6.07, 6.45) is 0.219. The maximum atomic E-state index is 13.8. The van der Waals surface area contributed by atoms with E-state index in [1.807, 2.05) is 12.3 Å². The van der Waals surface area contributed by atoms with E-state index in [0.717, 1.165) is 38.4 Å². The molecular weight excluding hydrogens is 439 g/mol. The summed E-state index contributed by atoms with van der Waals surface area (Å²) in [5.41, 5.74) is 5.96. The lowest BCUT2D eigenvalue weighted by atomic mass is 9.95. The van der Waals surface area contributed by atoms with Crippen molar-refractivity contribution in [3.8, 4) is 23.1 Å². The topological polar surface area (TPSA) is 87.2 Å². The zero-order valence-corrected chi connectivity index (χ0v) is 18.8. The molecule has 172 valence electrons. The molecule has 2 aromatic rings. The highest BCUT2D eigenvalue weighted by atomic mass is 32.2. The van der Waals surface area contributed by atoms with Gasteiger partial charge in [0.05, 0.1) is 29.2 Å². The summed E-state index contributed by atoms with van der Waals surface area (Å²) in [6, 6.07) is 7.23. The lowest BCUT2D eigenvalue weighted by Crippen LogP contribution is -2.29. The molecule has 1 aliphatic rings. The van der Waals surface area contributed by atoms with E-state index in [4.69, 9.17) is 10.5 Å². The van der Waals surface area contributed by atoms with Crippen molar-refractivity contribution in [3.63, 3.8) is 0 Å². The number of rotatable bonds is 7. The quantitative estimate of drug-likeness (QED) is 0.555. The van der Waals surface area contributed by atoms with Crippen molar-refractivity contribution >= 4 is 23.3 Å². The van der Waals surface area contributed by atoms with Crippen LogP contribution in [0.5, 0.6) is 5.75 Å². The van der Waals surface area contributed by atoms with Crippen molar-refractivity contribution < 1.29 is 17.9 Å². The first-order chi connectivity index (χ1) is 15.3. The number of hydrogen-bond acceptors (Lipinski definition) is 7. The van der Waals surface area contributed by atoms with Crippen LogP contribution in [0.3, 0.4) is 0 Å². The lowest BCUT2D eigenvalue weighted by Gasteiger charge is -2.30. The molecule has 10 heteroatoms. The highest BCUT2D eigenvalue weighted by Gasteiger charge is 2.35. The number of hydrogen-bond donors (Lipinski definition) is 2. The summed E-state index contributed by atoms with van der Waals surface area (Å²) < 4.78 is 49.2. The van der Waals surface area contributed by atoms with Gasteiger partial charge in [0.1, 0.15) is 11.8 Å². The number of aromatic nitrogens is 1. The number of piperidine rings is 1. The van der Waals surface area contributed by atoms with Crippen molar-refractivity contribution in [3.05, 3.63) is 35.5 Å². The zero-order valence-electron chi connectivity index (χ0n) is 18.0. The van der Waals surface area contributed by atoms with Crippen molar-refractivity contribution in [1.29, 1.82) is 5.26 Å². The van der Waals surface area contributed by atoms with Crippen LogP contribution in [0.15, 0.2) is 24.3 Å². The number of nitrogen functional groups attached to an aromatic ring is 1. The number of halogens is 3. The summed E-state index contributed by atoms with van der Waals surface area (Å²) in [5, 5.41) is 12.1. The van der Waals surface area contributed by atoms with E-state index in [0.29, 0.717) is 11.6 Å². The molecule has 3 rings (SSSR count). The Hall–Kier alpha value is -2.64. The Morgan fingerprint density at radius 3 is 2.62 bits per heavy atom. The van der Waals surface area contributed by atoms with Crippen LogP contribution in [0.25, 0.3) is 11.3 Å². The average Bonchev–Trinajstić information content (AvgIpc) is 2.79. The van der Waals surface area contributed by atoms with Crippen molar-refractivity contribution in [2.75, 3.05) is 44.1 Å². The van der Waals surface area contributed by atoms with Gasteiger partial charge in [-0.25, -0.2) is 4.98 Å². The van der Waals surface area contributed by atoms with Gasteiger partial charge in [0, 0.05) is 25.7 Å². The molecule has 1 aromatic heterocycles. The van der Waals surface area contributed by atoms with Crippen LogP contribution in [0.4, 0.5) is 24.5 Å². The minimum atomic E-state index is -4.59. The maximum absolute atomic E-state index is 13.8. The third-order valence-corrected chi connectivity index (χ3v) is 6.51. The first-order valence-electron chi connectivity index (χ1n) is 10.3. The molecule has 0 saturated carbocycles. The molecule has 1 aliphatic heterocycles.